The van der Waals surface area contributed by atoms with E-state index in [0.29, 0.717) is 28.7 Å². The molecule has 3 aromatic rings. The van der Waals surface area contributed by atoms with Gasteiger partial charge in [-0.2, -0.15) is 0 Å². The number of nitrogens with zero attached hydrogens (tertiary/aromatic N) is 4. The number of anilines is 3. The van der Waals surface area contributed by atoms with Gasteiger partial charge in [0.1, 0.15) is 17.4 Å². The van der Waals surface area contributed by atoms with E-state index in [2.05, 4.69) is 30.6 Å². The molecule has 2 aromatic heterocycles. The Balaban J connectivity index is 2.01. The molecule has 0 unspecified atom stereocenters. The molecule has 0 aliphatic carbocycles. The molecule has 124 valence electrons. The molecule has 0 aliphatic rings. The Labute approximate surface area is 151 Å². The van der Waals surface area contributed by atoms with Crippen molar-refractivity contribution in [3.8, 4) is 0 Å². The molecule has 0 spiro atoms. The van der Waals surface area contributed by atoms with Crippen molar-refractivity contribution in [2.45, 2.75) is 0 Å². The highest BCUT2D eigenvalue weighted by molar-refractivity contribution is 7.98. The second-order valence-corrected chi connectivity index (χ2v) is 6.26. The first kappa shape index (κ1) is 16.9. The molecule has 6 nitrogen and oxygen atoms in total. The van der Waals surface area contributed by atoms with Gasteiger partial charge in [0.2, 0.25) is 5.95 Å². The van der Waals surface area contributed by atoms with Crippen LogP contribution in [-0.2, 0) is 0 Å². The van der Waals surface area contributed by atoms with Gasteiger partial charge in [0.05, 0.1) is 27.8 Å². The van der Waals surface area contributed by atoms with Crippen molar-refractivity contribution in [2.75, 3.05) is 22.8 Å². The molecule has 0 saturated carbocycles. The summed E-state index contributed by atoms with van der Waals surface area (Å²) in [6, 6.07) is 2.98. The number of hydrogen-bond donors (Lipinski definition) is 2. The molecule has 0 saturated heterocycles. The molecule has 0 amide bonds. The summed E-state index contributed by atoms with van der Waals surface area (Å²) < 4.78 is 14.2. The Kier molecular flexibility index (Phi) is 5.17. The minimum Gasteiger partial charge on any atom is -0.345 e. The lowest BCUT2D eigenvalue weighted by Crippen LogP contribution is -2.05. The topological polar surface area (TPSA) is 75.6 Å². The zero-order valence-corrected chi connectivity index (χ0v) is 14.7. The van der Waals surface area contributed by atoms with E-state index in [1.54, 1.807) is 18.0 Å². The van der Waals surface area contributed by atoms with Crippen LogP contribution in [0.2, 0.25) is 10.0 Å². The van der Waals surface area contributed by atoms with Crippen molar-refractivity contribution >= 4 is 63.5 Å². The fraction of sp³-hybridized carbons (Fsp3) is 0.143. The number of aromatic nitrogens is 4. The molecule has 0 fully saturated rings. The number of benzene rings is 1. The van der Waals surface area contributed by atoms with Crippen molar-refractivity contribution in [1.29, 1.82) is 0 Å². The van der Waals surface area contributed by atoms with Crippen LogP contribution in [0.1, 0.15) is 0 Å². The van der Waals surface area contributed by atoms with Gasteiger partial charge in [-0.25, -0.2) is 24.3 Å². The summed E-state index contributed by atoms with van der Waals surface area (Å²) in [5, 5.41) is 5.91. The van der Waals surface area contributed by atoms with Gasteiger partial charge in [-0.3, -0.25) is 0 Å². The fourth-order valence-corrected chi connectivity index (χ4v) is 2.50. The maximum atomic E-state index is 14.2. The minimum atomic E-state index is -0.661. The third kappa shape index (κ3) is 3.45. The van der Waals surface area contributed by atoms with Crippen molar-refractivity contribution in [3.63, 3.8) is 0 Å². The maximum absolute atomic E-state index is 14.2. The molecular weight excluding hydrogens is 374 g/mol. The zero-order chi connectivity index (χ0) is 17.1. The van der Waals surface area contributed by atoms with Crippen LogP contribution in [0.3, 0.4) is 0 Å². The lowest BCUT2D eigenvalue weighted by molar-refractivity contribution is 0.632. The molecule has 24 heavy (non-hydrogen) atoms. The summed E-state index contributed by atoms with van der Waals surface area (Å²) >= 11 is 13.2. The average molecular weight is 385 g/mol. The van der Waals surface area contributed by atoms with Crippen LogP contribution in [0.15, 0.2) is 24.7 Å². The average Bonchev–Trinajstić information content (AvgIpc) is 2.60. The van der Waals surface area contributed by atoms with Crippen LogP contribution >= 0.6 is 35.0 Å². The van der Waals surface area contributed by atoms with Crippen molar-refractivity contribution in [2.24, 2.45) is 0 Å². The van der Waals surface area contributed by atoms with Gasteiger partial charge in [-0.1, -0.05) is 23.2 Å². The molecule has 1 aromatic carbocycles. The number of hydrogen-bond acceptors (Lipinski definition) is 7. The minimum absolute atomic E-state index is 0.137. The van der Waals surface area contributed by atoms with Gasteiger partial charge in [0, 0.05) is 0 Å². The van der Waals surface area contributed by atoms with Gasteiger partial charge < -0.3 is 10.6 Å². The molecule has 10 heteroatoms. The molecule has 2 heterocycles. The first-order valence-electron chi connectivity index (χ1n) is 6.71. The van der Waals surface area contributed by atoms with Crippen LogP contribution < -0.4 is 10.6 Å². The predicted molar refractivity (Wildman–Crippen MR) is 96.8 cm³/mol. The van der Waals surface area contributed by atoms with E-state index in [9.17, 15) is 4.39 Å². The summed E-state index contributed by atoms with van der Waals surface area (Å²) in [6.45, 7) is 0. The van der Waals surface area contributed by atoms with Crippen LogP contribution in [-0.4, -0.2) is 32.1 Å². The largest absolute Gasteiger partial charge is 0.345 e. The lowest BCUT2D eigenvalue weighted by Gasteiger charge is -2.10. The monoisotopic (exact) mass is 384 g/mol. The van der Waals surface area contributed by atoms with E-state index in [1.807, 2.05) is 6.26 Å². The summed E-state index contributed by atoms with van der Waals surface area (Å²) in [5.41, 5.74) is 1.13. The molecule has 0 atom stereocenters. The smallest absolute Gasteiger partial charge is 0.224 e. The van der Waals surface area contributed by atoms with E-state index in [1.165, 1.54) is 18.5 Å². The van der Waals surface area contributed by atoms with Crippen molar-refractivity contribution in [3.05, 3.63) is 40.5 Å². The number of nitrogens with one attached hydrogen (secondary N) is 2. The highest BCUT2D eigenvalue weighted by atomic mass is 35.5. The third-order valence-corrected chi connectivity index (χ3v) is 4.25. The zero-order valence-electron chi connectivity index (χ0n) is 12.3. The molecule has 0 bridgehead atoms. The van der Waals surface area contributed by atoms with E-state index in [0.717, 1.165) is 0 Å². The lowest BCUT2D eigenvalue weighted by atomic mass is 10.3. The predicted octanol–water partition coefficient (Wildman–Crippen LogP) is 4.34. The van der Waals surface area contributed by atoms with Crippen LogP contribution in [0.4, 0.5) is 21.8 Å². The van der Waals surface area contributed by atoms with Gasteiger partial charge in [-0.15, -0.1) is 11.8 Å². The number of fused-ring (bicyclic) bond motifs is 1. The van der Waals surface area contributed by atoms with Crippen LogP contribution in [0.5, 0.6) is 0 Å². The number of thioether (sulfide) groups is 1. The quantitative estimate of drug-likeness (QED) is 0.500. The molecule has 2 N–H and O–H groups in total. The Morgan fingerprint density at radius 1 is 1.21 bits per heavy atom. The molecule has 0 aliphatic heterocycles. The first-order valence-corrected chi connectivity index (χ1v) is 8.86. The standard InChI is InChI=1S/C14H11Cl2FN6S/c1-24-6-21-14-18-4-9-12(23-14)13(20-5-19-9)22-8-3-2-7(15)10(16)11(8)17/h2-5H,6H2,1H3,(H,18,21,23)(H,19,20,22). The third-order valence-electron chi connectivity index (χ3n) is 3.04. The molecular formula is C14H11Cl2FN6S. The highest BCUT2D eigenvalue weighted by Gasteiger charge is 2.14. The van der Waals surface area contributed by atoms with Gasteiger partial charge in [0.25, 0.3) is 0 Å². The van der Waals surface area contributed by atoms with Crippen molar-refractivity contribution in [1.82, 2.24) is 19.9 Å². The second kappa shape index (κ2) is 7.33. The van der Waals surface area contributed by atoms with Gasteiger partial charge in [0.15, 0.2) is 11.6 Å². The van der Waals surface area contributed by atoms with E-state index in [4.69, 9.17) is 23.2 Å². The maximum Gasteiger partial charge on any atom is 0.224 e. The normalized spacial score (nSPS) is 10.8. The van der Waals surface area contributed by atoms with Crippen LogP contribution in [0.25, 0.3) is 11.0 Å². The summed E-state index contributed by atoms with van der Waals surface area (Å²) in [6.07, 6.45) is 4.87. The summed E-state index contributed by atoms with van der Waals surface area (Å²) in [4.78, 5) is 16.8. The van der Waals surface area contributed by atoms with E-state index >= 15 is 0 Å². The Morgan fingerprint density at radius 3 is 2.83 bits per heavy atom. The first-order chi connectivity index (χ1) is 11.6. The Bertz CT molecular complexity index is 895. The Morgan fingerprint density at radius 2 is 2.04 bits per heavy atom. The second-order valence-electron chi connectivity index (χ2n) is 4.61. The molecule has 0 radical (unpaired) electrons. The highest BCUT2D eigenvalue weighted by Crippen LogP contribution is 2.32. The summed E-state index contributed by atoms with van der Waals surface area (Å²) in [5.74, 6) is 0.769. The van der Waals surface area contributed by atoms with E-state index in [-0.39, 0.29) is 15.7 Å². The van der Waals surface area contributed by atoms with Crippen LogP contribution in [0, 0.1) is 5.82 Å². The van der Waals surface area contributed by atoms with E-state index < -0.39 is 5.82 Å². The molecule has 3 rings (SSSR count). The fourth-order valence-electron chi connectivity index (χ4n) is 1.92. The van der Waals surface area contributed by atoms with Gasteiger partial charge in [-0.05, 0) is 18.4 Å². The number of halogens is 3. The van der Waals surface area contributed by atoms with Crippen molar-refractivity contribution < 1.29 is 4.39 Å². The Hall–Kier alpha value is -1.90. The SMILES string of the molecule is CSCNc1ncc2ncnc(Nc3ccc(Cl)c(Cl)c3F)c2n1. The van der Waals surface area contributed by atoms with Gasteiger partial charge >= 0.3 is 0 Å². The summed E-state index contributed by atoms with van der Waals surface area (Å²) in [7, 11) is 0. The number of rotatable bonds is 5.